The van der Waals surface area contributed by atoms with Crippen molar-refractivity contribution in [3.8, 4) is 5.75 Å². The van der Waals surface area contributed by atoms with Gasteiger partial charge in [-0.3, -0.25) is 0 Å². The zero-order chi connectivity index (χ0) is 14.0. The number of benzene rings is 1. The molecule has 0 radical (unpaired) electrons. The van der Waals surface area contributed by atoms with Gasteiger partial charge in [0.1, 0.15) is 5.75 Å². The van der Waals surface area contributed by atoms with E-state index in [-0.39, 0.29) is 6.04 Å². The van der Waals surface area contributed by atoms with E-state index in [9.17, 15) is 0 Å². The molecule has 0 aromatic heterocycles. The third kappa shape index (κ3) is 2.86. The SMILES string of the molecule is CNC(C)c1c(OC)cccc1N(C)C(C)C1CC1. The number of ether oxygens (including phenoxy) is 1. The summed E-state index contributed by atoms with van der Waals surface area (Å²) in [4.78, 5) is 2.41. The van der Waals surface area contributed by atoms with Gasteiger partial charge in [-0.05, 0) is 51.8 Å². The van der Waals surface area contributed by atoms with Gasteiger partial charge in [0.05, 0.1) is 7.11 Å². The summed E-state index contributed by atoms with van der Waals surface area (Å²) < 4.78 is 5.55. The minimum atomic E-state index is 0.278. The van der Waals surface area contributed by atoms with Crippen LogP contribution in [0.15, 0.2) is 18.2 Å². The van der Waals surface area contributed by atoms with Crippen molar-refractivity contribution in [3.05, 3.63) is 23.8 Å². The van der Waals surface area contributed by atoms with Crippen LogP contribution in [-0.2, 0) is 0 Å². The molecule has 1 fully saturated rings. The third-order valence-corrected chi connectivity index (χ3v) is 4.42. The average Bonchev–Trinajstić information content (AvgIpc) is 3.28. The van der Waals surface area contributed by atoms with Gasteiger partial charge in [-0.2, -0.15) is 0 Å². The average molecular weight is 262 g/mol. The molecular weight excluding hydrogens is 236 g/mol. The Hall–Kier alpha value is -1.22. The Bertz CT molecular complexity index is 429. The van der Waals surface area contributed by atoms with E-state index in [1.165, 1.54) is 24.1 Å². The van der Waals surface area contributed by atoms with Crippen LogP contribution in [0.4, 0.5) is 5.69 Å². The van der Waals surface area contributed by atoms with Gasteiger partial charge in [0.2, 0.25) is 0 Å². The summed E-state index contributed by atoms with van der Waals surface area (Å²) in [6.45, 7) is 4.50. The first kappa shape index (κ1) is 14.2. The molecule has 2 atom stereocenters. The number of nitrogens with one attached hydrogen (secondary N) is 1. The van der Waals surface area contributed by atoms with Crippen LogP contribution in [0.25, 0.3) is 0 Å². The molecule has 3 nitrogen and oxygen atoms in total. The Morgan fingerprint density at radius 1 is 1.32 bits per heavy atom. The van der Waals surface area contributed by atoms with Crippen LogP contribution in [0.1, 0.15) is 38.3 Å². The number of rotatable bonds is 6. The molecule has 106 valence electrons. The van der Waals surface area contributed by atoms with Crippen molar-refractivity contribution in [3.63, 3.8) is 0 Å². The number of nitrogens with zero attached hydrogens (tertiary/aromatic N) is 1. The number of hydrogen-bond acceptors (Lipinski definition) is 3. The lowest BCUT2D eigenvalue weighted by atomic mass is 10.0. The maximum absolute atomic E-state index is 5.55. The van der Waals surface area contributed by atoms with Gasteiger partial charge in [0.25, 0.3) is 0 Å². The maximum Gasteiger partial charge on any atom is 0.125 e. The minimum absolute atomic E-state index is 0.278. The van der Waals surface area contributed by atoms with Crippen LogP contribution < -0.4 is 15.0 Å². The molecule has 0 bridgehead atoms. The van der Waals surface area contributed by atoms with Crippen LogP contribution in [0.2, 0.25) is 0 Å². The van der Waals surface area contributed by atoms with Gasteiger partial charge >= 0.3 is 0 Å². The molecule has 2 unspecified atom stereocenters. The Morgan fingerprint density at radius 3 is 2.53 bits per heavy atom. The van der Waals surface area contributed by atoms with Crippen LogP contribution in [0, 0.1) is 5.92 Å². The normalized spacial score (nSPS) is 17.9. The van der Waals surface area contributed by atoms with E-state index in [1.54, 1.807) is 7.11 Å². The van der Waals surface area contributed by atoms with Crippen molar-refractivity contribution >= 4 is 5.69 Å². The molecule has 0 spiro atoms. The molecule has 2 rings (SSSR count). The summed E-state index contributed by atoms with van der Waals surface area (Å²) in [7, 11) is 5.93. The van der Waals surface area contributed by atoms with Crippen LogP contribution in [-0.4, -0.2) is 27.2 Å². The van der Waals surface area contributed by atoms with Gasteiger partial charge in [-0.25, -0.2) is 0 Å². The second-order valence-corrected chi connectivity index (χ2v) is 5.59. The minimum Gasteiger partial charge on any atom is -0.496 e. The van der Waals surface area contributed by atoms with Crippen molar-refractivity contribution in [2.75, 3.05) is 26.1 Å². The van der Waals surface area contributed by atoms with Crippen molar-refractivity contribution in [2.24, 2.45) is 5.92 Å². The van der Waals surface area contributed by atoms with Gasteiger partial charge in [-0.15, -0.1) is 0 Å². The first-order chi connectivity index (χ1) is 9.10. The molecule has 1 aromatic rings. The monoisotopic (exact) mass is 262 g/mol. The topological polar surface area (TPSA) is 24.5 Å². The summed E-state index contributed by atoms with van der Waals surface area (Å²) in [5.41, 5.74) is 2.53. The molecule has 1 saturated carbocycles. The molecule has 0 aliphatic heterocycles. The molecule has 1 aromatic carbocycles. The summed E-state index contributed by atoms with van der Waals surface area (Å²) in [5, 5.41) is 3.33. The Balaban J connectivity index is 2.37. The molecule has 3 heteroatoms. The standard InChI is InChI=1S/C16H26N2O/c1-11(17-3)16-14(7-6-8-15(16)19-5)18(4)12(2)13-9-10-13/h6-8,11-13,17H,9-10H2,1-5H3. The highest BCUT2D eigenvalue weighted by Gasteiger charge is 2.32. The van der Waals surface area contributed by atoms with E-state index in [1.807, 2.05) is 13.1 Å². The summed E-state index contributed by atoms with van der Waals surface area (Å²) >= 11 is 0. The first-order valence-corrected chi connectivity index (χ1v) is 7.17. The zero-order valence-corrected chi connectivity index (χ0v) is 12.7. The first-order valence-electron chi connectivity index (χ1n) is 7.17. The van der Waals surface area contributed by atoms with E-state index >= 15 is 0 Å². The van der Waals surface area contributed by atoms with Gasteiger partial charge in [0.15, 0.2) is 0 Å². The molecule has 1 aliphatic rings. The number of anilines is 1. The predicted octanol–water partition coefficient (Wildman–Crippen LogP) is 3.21. The Kier molecular flexibility index (Phi) is 4.35. The van der Waals surface area contributed by atoms with Crippen molar-refractivity contribution in [2.45, 2.75) is 38.8 Å². The molecular formula is C16H26N2O. The Morgan fingerprint density at radius 2 is 2.00 bits per heavy atom. The van der Waals surface area contributed by atoms with Gasteiger partial charge < -0.3 is 15.0 Å². The lowest BCUT2D eigenvalue weighted by molar-refractivity contribution is 0.403. The van der Waals surface area contributed by atoms with Crippen LogP contribution in [0.5, 0.6) is 5.75 Å². The third-order valence-electron chi connectivity index (χ3n) is 4.42. The predicted molar refractivity (Wildman–Crippen MR) is 81.1 cm³/mol. The highest BCUT2D eigenvalue weighted by molar-refractivity contribution is 5.61. The fourth-order valence-corrected chi connectivity index (χ4v) is 2.71. The zero-order valence-electron chi connectivity index (χ0n) is 12.7. The second kappa shape index (κ2) is 5.83. The smallest absolute Gasteiger partial charge is 0.125 e. The van der Waals surface area contributed by atoms with Gasteiger partial charge in [0, 0.05) is 30.4 Å². The van der Waals surface area contributed by atoms with E-state index in [0.717, 1.165) is 11.7 Å². The van der Waals surface area contributed by atoms with E-state index in [4.69, 9.17) is 4.74 Å². The quantitative estimate of drug-likeness (QED) is 0.852. The Labute approximate surface area is 116 Å². The summed E-state index contributed by atoms with van der Waals surface area (Å²) in [6.07, 6.45) is 2.73. The lowest BCUT2D eigenvalue weighted by Crippen LogP contribution is -2.32. The molecule has 1 aliphatic carbocycles. The van der Waals surface area contributed by atoms with Crippen LogP contribution >= 0.6 is 0 Å². The fourth-order valence-electron chi connectivity index (χ4n) is 2.71. The lowest BCUT2D eigenvalue weighted by Gasteiger charge is -2.31. The number of hydrogen-bond donors (Lipinski definition) is 1. The second-order valence-electron chi connectivity index (χ2n) is 5.59. The maximum atomic E-state index is 5.55. The van der Waals surface area contributed by atoms with Crippen molar-refractivity contribution in [1.82, 2.24) is 5.32 Å². The largest absolute Gasteiger partial charge is 0.496 e. The van der Waals surface area contributed by atoms with E-state index in [2.05, 4.69) is 43.2 Å². The molecule has 19 heavy (non-hydrogen) atoms. The van der Waals surface area contributed by atoms with Crippen molar-refractivity contribution in [1.29, 1.82) is 0 Å². The molecule has 0 heterocycles. The number of methoxy groups -OCH3 is 1. The van der Waals surface area contributed by atoms with Gasteiger partial charge in [-0.1, -0.05) is 6.07 Å². The summed E-state index contributed by atoms with van der Waals surface area (Å²) in [6, 6.07) is 7.19. The van der Waals surface area contributed by atoms with Crippen LogP contribution in [0.3, 0.4) is 0 Å². The van der Waals surface area contributed by atoms with Crippen molar-refractivity contribution < 1.29 is 4.74 Å². The molecule has 0 amide bonds. The molecule has 0 saturated heterocycles. The highest BCUT2D eigenvalue weighted by Crippen LogP contribution is 2.40. The summed E-state index contributed by atoms with van der Waals surface area (Å²) in [5.74, 6) is 1.82. The fraction of sp³-hybridized carbons (Fsp3) is 0.625. The van der Waals surface area contributed by atoms with E-state index < -0.39 is 0 Å². The van der Waals surface area contributed by atoms with E-state index in [0.29, 0.717) is 6.04 Å². The highest BCUT2D eigenvalue weighted by atomic mass is 16.5. The molecule has 1 N–H and O–H groups in total.